The molecule has 0 spiro atoms. The van der Waals surface area contributed by atoms with Crippen molar-refractivity contribution in [2.75, 3.05) is 14.1 Å². The Morgan fingerprint density at radius 2 is 2.09 bits per heavy atom. The van der Waals surface area contributed by atoms with E-state index in [1.807, 2.05) is 20.2 Å². The van der Waals surface area contributed by atoms with Gasteiger partial charge >= 0.3 is 0 Å². The van der Waals surface area contributed by atoms with Crippen LogP contribution in [0.25, 0.3) is 0 Å². The second-order valence-electron chi connectivity index (χ2n) is 2.72. The number of hydrogen-bond donors (Lipinski definition) is 0. The first kappa shape index (κ1) is 10.4. The first-order chi connectivity index (χ1) is 5.22. The highest BCUT2D eigenvalue weighted by atomic mass is 15.2. The molecule has 0 amide bonds. The molecule has 2 heteroatoms. The van der Waals surface area contributed by atoms with Crippen molar-refractivity contribution in [3.63, 3.8) is 0 Å². The van der Waals surface area contributed by atoms with E-state index in [-0.39, 0.29) is 6.17 Å². The van der Waals surface area contributed by atoms with Crippen molar-refractivity contribution in [2.24, 2.45) is 4.99 Å². The van der Waals surface area contributed by atoms with E-state index in [0.717, 1.165) is 12.8 Å². The summed E-state index contributed by atoms with van der Waals surface area (Å²) in [7, 11) is 4.07. The lowest BCUT2D eigenvalue weighted by Crippen LogP contribution is -2.24. The van der Waals surface area contributed by atoms with Crippen molar-refractivity contribution in [3.8, 4) is 0 Å². The Balaban J connectivity index is 3.96. The maximum Gasteiger partial charge on any atom is 0.111 e. The predicted molar refractivity (Wildman–Crippen MR) is 50.1 cm³/mol. The first-order valence-corrected chi connectivity index (χ1v) is 4.15. The Kier molecular flexibility index (Phi) is 5.81. The molecule has 64 valence electrons. The molecule has 0 rings (SSSR count). The van der Waals surface area contributed by atoms with E-state index in [1.54, 1.807) is 0 Å². The highest BCUT2D eigenvalue weighted by molar-refractivity contribution is 5.51. The summed E-state index contributed by atoms with van der Waals surface area (Å²) in [6.07, 6.45) is 4.29. The van der Waals surface area contributed by atoms with E-state index < -0.39 is 0 Å². The molecule has 0 bridgehead atoms. The zero-order valence-electron chi connectivity index (χ0n) is 7.96. The van der Waals surface area contributed by atoms with Crippen LogP contribution in [0, 0.1) is 0 Å². The van der Waals surface area contributed by atoms with Gasteiger partial charge in [-0.05, 0) is 38.9 Å². The number of hydrogen-bond acceptors (Lipinski definition) is 2. The van der Waals surface area contributed by atoms with Crippen molar-refractivity contribution in [3.05, 3.63) is 6.08 Å². The Labute approximate surface area is 69.6 Å². The third kappa shape index (κ3) is 4.77. The molecule has 0 aromatic rings. The van der Waals surface area contributed by atoms with E-state index in [1.165, 1.54) is 0 Å². The van der Waals surface area contributed by atoms with Gasteiger partial charge in [0.15, 0.2) is 0 Å². The van der Waals surface area contributed by atoms with Crippen LogP contribution in [0.2, 0.25) is 0 Å². The standard InChI is InChI=1S/C9H18N2/c1-5-7-8-10-9(6-2)11(3)4/h7,9H,5-6H2,1-4H3. The van der Waals surface area contributed by atoms with Gasteiger partial charge < -0.3 is 0 Å². The number of aliphatic imine (C=N–C) groups is 1. The average Bonchev–Trinajstić information content (AvgIpc) is 1.97. The topological polar surface area (TPSA) is 15.6 Å². The minimum absolute atomic E-state index is 0.290. The van der Waals surface area contributed by atoms with Crippen LogP contribution in [-0.4, -0.2) is 31.0 Å². The molecule has 1 atom stereocenters. The van der Waals surface area contributed by atoms with Crippen LogP contribution in [0.1, 0.15) is 26.7 Å². The van der Waals surface area contributed by atoms with E-state index in [2.05, 4.69) is 29.6 Å². The summed E-state index contributed by atoms with van der Waals surface area (Å²) >= 11 is 0. The van der Waals surface area contributed by atoms with Gasteiger partial charge in [0.05, 0.1) is 0 Å². The van der Waals surface area contributed by atoms with Crippen LogP contribution in [0.5, 0.6) is 0 Å². The van der Waals surface area contributed by atoms with Gasteiger partial charge in [0.25, 0.3) is 0 Å². The minimum atomic E-state index is 0.290. The SMILES string of the molecule is CCC=C=NC(CC)N(C)C. The lowest BCUT2D eigenvalue weighted by Gasteiger charge is -2.16. The molecular weight excluding hydrogens is 136 g/mol. The number of allylic oxidation sites excluding steroid dienone is 1. The highest BCUT2D eigenvalue weighted by Crippen LogP contribution is 1.98. The summed E-state index contributed by atoms with van der Waals surface area (Å²) in [6.45, 7) is 4.21. The Morgan fingerprint density at radius 1 is 1.45 bits per heavy atom. The van der Waals surface area contributed by atoms with Gasteiger partial charge in [-0.15, -0.1) is 0 Å². The molecule has 0 radical (unpaired) electrons. The third-order valence-corrected chi connectivity index (χ3v) is 1.48. The lowest BCUT2D eigenvalue weighted by molar-refractivity contribution is 0.297. The van der Waals surface area contributed by atoms with E-state index in [0.29, 0.717) is 0 Å². The summed E-state index contributed by atoms with van der Waals surface area (Å²) < 4.78 is 0. The fraction of sp³-hybridized carbons (Fsp3) is 0.778. The van der Waals surface area contributed by atoms with Crippen molar-refractivity contribution in [1.82, 2.24) is 4.90 Å². The largest absolute Gasteiger partial charge is 0.287 e. The summed E-state index contributed by atoms with van der Waals surface area (Å²) in [5.74, 6) is 2.93. The fourth-order valence-electron chi connectivity index (χ4n) is 0.802. The molecule has 0 aromatic heterocycles. The highest BCUT2D eigenvalue weighted by Gasteiger charge is 2.02. The van der Waals surface area contributed by atoms with Crippen LogP contribution >= 0.6 is 0 Å². The van der Waals surface area contributed by atoms with Crippen molar-refractivity contribution in [1.29, 1.82) is 0 Å². The second-order valence-corrected chi connectivity index (χ2v) is 2.72. The van der Waals surface area contributed by atoms with Crippen LogP contribution in [-0.2, 0) is 0 Å². The number of rotatable bonds is 4. The summed E-state index contributed by atoms with van der Waals surface area (Å²) in [5.41, 5.74) is 0. The lowest BCUT2D eigenvalue weighted by atomic mass is 10.3. The molecular formula is C9H18N2. The molecule has 0 heterocycles. The predicted octanol–water partition coefficient (Wildman–Crippen LogP) is 1.92. The molecule has 0 N–H and O–H groups in total. The van der Waals surface area contributed by atoms with E-state index in [9.17, 15) is 0 Å². The summed E-state index contributed by atoms with van der Waals surface area (Å²) in [4.78, 5) is 6.35. The van der Waals surface area contributed by atoms with Crippen molar-refractivity contribution >= 4 is 5.87 Å². The molecule has 0 saturated carbocycles. The third-order valence-electron chi connectivity index (χ3n) is 1.48. The number of nitrogens with zero attached hydrogens (tertiary/aromatic N) is 2. The fourth-order valence-corrected chi connectivity index (χ4v) is 0.802. The van der Waals surface area contributed by atoms with Gasteiger partial charge in [0.2, 0.25) is 0 Å². The first-order valence-electron chi connectivity index (χ1n) is 4.15. The second kappa shape index (κ2) is 6.14. The summed E-state index contributed by atoms with van der Waals surface area (Å²) in [6, 6.07) is 0. The van der Waals surface area contributed by atoms with E-state index in [4.69, 9.17) is 0 Å². The molecule has 11 heavy (non-hydrogen) atoms. The normalized spacial score (nSPS) is 12.5. The molecule has 0 aliphatic rings. The molecule has 1 unspecified atom stereocenters. The van der Waals surface area contributed by atoms with Gasteiger partial charge in [0.1, 0.15) is 6.17 Å². The van der Waals surface area contributed by atoms with Gasteiger partial charge in [-0.2, -0.15) is 0 Å². The molecule has 0 aliphatic carbocycles. The Bertz CT molecular complexity index is 144. The van der Waals surface area contributed by atoms with Crippen LogP contribution in [0.15, 0.2) is 11.1 Å². The Hall–Kier alpha value is -0.590. The van der Waals surface area contributed by atoms with Gasteiger partial charge in [-0.3, -0.25) is 4.90 Å². The smallest absolute Gasteiger partial charge is 0.111 e. The van der Waals surface area contributed by atoms with Gasteiger partial charge in [-0.1, -0.05) is 13.8 Å². The van der Waals surface area contributed by atoms with Gasteiger partial charge in [-0.25, -0.2) is 4.99 Å². The average molecular weight is 154 g/mol. The minimum Gasteiger partial charge on any atom is -0.287 e. The maximum atomic E-state index is 4.25. The Morgan fingerprint density at radius 3 is 2.45 bits per heavy atom. The van der Waals surface area contributed by atoms with Crippen LogP contribution < -0.4 is 0 Å². The molecule has 0 fully saturated rings. The van der Waals surface area contributed by atoms with Crippen molar-refractivity contribution < 1.29 is 0 Å². The summed E-state index contributed by atoms with van der Waals surface area (Å²) in [5, 5.41) is 0. The molecule has 0 aromatic carbocycles. The molecule has 2 nitrogen and oxygen atoms in total. The van der Waals surface area contributed by atoms with Crippen LogP contribution in [0.4, 0.5) is 0 Å². The molecule has 0 saturated heterocycles. The van der Waals surface area contributed by atoms with Gasteiger partial charge in [0, 0.05) is 0 Å². The van der Waals surface area contributed by atoms with Crippen LogP contribution in [0.3, 0.4) is 0 Å². The quantitative estimate of drug-likeness (QED) is 0.565. The zero-order valence-corrected chi connectivity index (χ0v) is 7.96. The van der Waals surface area contributed by atoms with Crippen molar-refractivity contribution in [2.45, 2.75) is 32.9 Å². The zero-order chi connectivity index (χ0) is 8.69. The monoisotopic (exact) mass is 154 g/mol. The maximum absolute atomic E-state index is 4.25. The van der Waals surface area contributed by atoms with E-state index >= 15 is 0 Å². The molecule has 0 aliphatic heterocycles.